The highest BCUT2D eigenvalue weighted by Crippen LogP contribution is 2.37. The molecule has 0 aliphatic rings. The highest BCUT2D eigenvalue weighted by Gasteiger charge is 2.24. The molecular weight excluding hydrogens is 398 g/mol. The predicted molar refractivity (Wildman–Crippen MR) is 77.2 cm³/mol. The summed E-state index contributed by atoms with van der Waals surface area (Å²) in [6, 6.07) is 0. The molecule has 0 rings (SSSR count). The van der Waals surface area contributed by atoms with E-state index >= 15 is 0 Å². The molecule has 2 unspecified atom stereocenters. The number of halogens is 3. The van der Waals surface area contributed by atoms with Gasteiger partial charge in [0.2, 0.25) is 0 Å². The van der Waals surface area contributed by atoms with Crippen molar-refractivity contribution in [3.63, 3.8) is 0 Å². The van der Waals surface area contributed by atoms with Crippen LogP contribution in [-0.4, -0.2) is 31.9 Å². The van der Waals surface area contributed by atoms with E-state index in [-0.39, 0.29) is 22.2 Å². The van der Waals surface area contributed by atoms with Crippen LogP contribution in [0.1, 0.15) is 26.7 Å². The Labute approximate surface area is 124 Å². The lowest BCUT2D eigenvalue weighted by atomic mass is 9.89. The fourth-order valence-electron chi connectivity index (χ4n) is 1.26. The third-order valence-corrected chi connectivity index (χ3v) is 5.04. The van der Waals surface area contributed by atoms with Gasteiger partial charge in [0, 0.05) is 15.5 Å². The summed E-state index contributed by atoms with van der Waals surface area (Å²) in [7, 11) is -4.39. The maximum atomic E-state index is 10.5. The molecule has 17 heavy (non-hydrogen) atoms. The van der Waals surface area contributed by atoms with E-state index in [0.717, 1.165) is 11.8 Å². The van der Waals surface area contributed by atoms with Crippen LogP contribution in [0.3, 0.4) is 0 Å². The van der Waals surface area contributed by atoms with Crippen LogP contribution in [0.15, 0.2) is 0 Å². The lowest BCUT2D eigenvalue weighted by Crippen LogP contribution is -2.22. The van der Waals surface area contributed by atoms with Crippen LogP contribution in [0.25, 0.3) is 0 Å². The summed E-state index contributed by atoms with van der Waals surface area (Å²) in [6.45, 7) is 4.15. The molecule has 0 saturated heterocycles. The first-order valence-corrected chi connectivity index (χ1v) is 9.10. The molecule has 0 aliphatic carbocycles. The standard InChI is InChI=1S/C9H18Br2ClO4P/c1-9(2,6-10)4-8(12)3-7(11)5-16-17(13,14)15/h7-8H,3-6H2,1-2H3,(H2,13,14,15). The minimum atomic E-state index is -4.39. The van der Waals surface area contributed by atoms with E-state index in [0.29, 0.717) is 6.42 Å². The predicted octanol–water partition coefficient (Wildman–Crippen LogP) is 3.67. The average Bonchev–Trinajstić information content (AvgIpc) is 2.12. The minimum absolute atomic E-state index is 0.0533. The molecule has 0 radical (unpaired) electrons. The van der Waals surface area contributed by atoms with Crippen molar-refractivity contribution in [2.75, 3.05) is 11.9 Å². The third-order valence-electron chi connectivity index (χ3n) is 2.07. The summed E-state index contributed by atoms with van der Waals surface area (Å²) in [5.74, 6) is 0. The van der Waals surface area contributed by atoms with Gasteiger partial charge in [0.25, 0.3) is 0 Å². The zero-order chi connectivity index (χ0) is 13.7. The molecular formula is C9H18Br2ClO4P. The number of hydrogen-bond donors (Lipinski definition) is 2. The topological polar surface area (TPSA) is 66.8 Å². The van der Waals surface area contributed by atoms with Gasteiger partial charge >= 0.3 is 7.82 Å². The van der Waals surface area contributed by atoms with Crippen LogP contribution in [-0.2, 0) is 9.09 Å². The summed E-state index contributed by atoms with van der Waals surface area (Å²) in [4.78, 5) is 16.9. The van der Waals surface area contributed by atoms with Crippen molar-refractivity contribution in [3.8, 4) is 0 Å². The van der Waals surface area contributed by atoms with Crippen molar-refractivity contribution in [2.24, 2.45) is 5.41 Å². The fraction of sp³-hybridized carbons (Fsp3) is 1.00. The zero-order valence-electron chi connectivity index (χ0n) is 9.78. The van der Waals surface area contributed by atoms with Crippen molar-refractivity contribution in [3.05, 3.63) is 0 Å². The Morgan fingerprint density at radius 1 is 1.47 bits per heavy atom. The summed E-state index contributed by atoms with van der Waals surface area (Å²) >= 11 is 12.9. The number of rotatable bonds is 8. The Morgan fingerprint density at radius 3 is 2.41 bits per heavy atom. The van der Waals surface area contributed by atoms with Gasteiger partial charge in [-0.2, -0.15) is 0 Å². The van der Waals surface area contributed by atoms with Crippen molar-refractivity contribution in [1.82, 2.24) is 0 Å². The van der Waals surface area contributed by atoms with E-state index < -0.39 is 7.82 Å². The summed E-state index contributed by atoms with van der Waals surface area (Å²) in [6.07, 6.45) is 1.41. The van der Waals surface area contributed by atoms with Crippen LogP contribution < -0.4 is 0 Å². The van der Waals surface area contributed by atoms with Gasteiger partial charge < -0.3 is 9.79 Å². The summed E-state index contributed by atoms with van der Waals surface area (Å²) < 4.78 is 14.9. The number of alkyl halides is 3. The molecule has 0 aromatic heterocycles. The minimum Gasteiger partial charge on any atom is -0.303 e. The molecule has 0 bridgehead atoms. The number of phosphoric ester groups is 1. The van der Waals surface area contributed by atoms with Gasteiger partial charge in [-0.25, -0.2) is 4.57 Å². The number of phosphoric acid groups is 1. The summed E-state index contributed by atoms with van der Waals surface area (Å²) in [5.41, 5.74) is 0.100. The molecule has 0 aliphatic heterocycles. The highest BCUT2D eigenvalue weighted by atomic mass is 79.9. The lowest BCUT2D eigenvalue weighted by Gasteiger charge is -2.25. The molecule has 2 atom stereocenters. The van der Waals surface area contributed by atoms with E-state index in [1.54, 1.807) is 0 Å². The van der Waals surface area contributed by atoms with Gasteiger partial charge in [0.15, 0.2) is 0 Å². The smallest absolute Gasteiger partial charge is 0.303 e. The summed E-state index contributed by atoms with van der Waals surface area (Å²) in [5, 5.41) is 0.794. The molecule has 0 amide bonds. The molecule has 0 aromatic carbocycles. The van der Waals surface area contributed by atoms with E-state index in [4.69, 9.17) is 21.4 Å². The first-order valence-electron chi connectivity index (χ1n) is 5.10. The third kappa shape index (κ3) is 10.9. The first kappa shape index (κ1) is 18.4. The van der Waals surface area contributed by atoms with Crippen LogP contribution in [0, 0.1) is 5.41 Å². The van der Waals surface area contributed by atoms with Crippen molar-refractivity contribution in [2.45, 2.75) is 36.9 Å². The first-order chi connectivity index (χ1) is 7.56. The molecule has 0 aromatic rings. The van der Waals surface area contributed by atoms with Crippen LogP contribution in [0.4, 0.5) is 0 Å². The van der Waals surface area contributed by atoms with Gasteiger partial charge in [-0.1, -0.05) is 45.7 Å². The van der Waals surface area contributed by atoms with Gasteiger partial charge in [0.05, 0.1) is 6.61 Å². The Hall–Kier alpha value is 1.36. The SMILES string of the molecule is CC(C)(CBr)CC(Cl)CC(Br)COP(=O)(O)O. The molecule has 0 heterocycles. The second kappa shape index (κ2) is 7.83. The molecule has 104 valence electrons. The highest BCUT2D eigenvalue weighted by molar-refractivity contribution is 9.09. The zero-order valence-corrected chi connectivity index (χ0v) is 14.6. The molecule has 4 nitrogen and oxygen atoms in total. The quantitative estimate of drug-likeness (QED) is 0.468. The normalized spacial score (nSPS) is 16.9. The number of hydrogen-bond acceptors (Lipinski definition) is 2. The second-order valence-electron chi connectivity index (χ2n) is 4.72. The van der Waals surface area contributed by atoms with Gasteiger partial charge in [-0.15, -0.1) is 11.6 Å². The molecule has 0 spiro atoms. The molecule has 0 fully saturated rings. The van der Waals surface area contributed by atoms with Gasteiger partial charge in [0.1, 0.15) is 0 Å². The van der Waals surface area contributed by atoms with E-state index in [2.05, 4.69) is 50.2 Å². The van der Waals surface area contributed by atoms with Gasteiger partial charge in [-0.05, 0) is 18.3 Å². The fourth-order valence-corrected chi connectivity index (χ4v) is 3.50. The van der Waals surface area contributed by atoms with Crippen molar-refractivity contribution < 1.29 is 18.9 Å². The molecule has 2 N–H and O–H groups in total. The maximum absolute atomic E-state index is 10.5. The van der Waals surface area contributed by atoms with Gasteiger partial charge in [-0.3, -0.25) is 4.52 Å². The monoisotopic (exact) mass is 414 g/mol. The average molecular weight is 416 g/mol. The van der Waals surface area contributed by atoms with E-state index in [9.17, 15) is 4.57 Å². The largest absolute Gasteiger partial charge is 0.469 e. The Balaban J connectivity index is 3.96. The van der Waals surface area contributed by atoms with Crippen LogP contribution >= 0.6 is 51.3 Å². The molecule has 0 saturated carbocycles. The van der Waals surface area contributed by atoms with E-state index in [1.807, 2.05) is 0 Å². The van der Waals surface area contributed by atoms with Crippen LogP contribution in [0.5, 0.6) is 0 Å². The Bertz CT molecular complexity index is 272. The van der Waals surface area contributed by atoms with Crippen molar-refractivity contribution in [1.29, 1.82) is 0 Å². The lowest BCUT2D eigenvalue weighted by molar-refractivity contribution is 0.196. The molecule has 8 heteroatoms. The maximum Gasteiger partial charge on any atom is 0.469 e. The second-order valence-corrected chi connectivity index (χ2v) is 8.43. The van der Waals surface area contributed by atoms with E-state index in [1.165, 1.54) is 0 Å². The Kier molecular flexibility index (Phi) is 8.46. The Morgan fingerprint density at radius 2 is 2.00 bits per heavy atom. The van der Waals surface area contributed by atoms with Crippen LogP contribution in [0.2, 0.25) is 0 Å². The van der Waals surface area contributed by atoms with Crippen molar-refractivity contribution >= 4 is 51.3 Å².